The molecular formula is C16H19NO. The van der Waals surface area contributed by atoms with Gasteiger partial charge in [-0.15, -0.1) is 0 Å². The maximum atomic E-state index is 5.87. The summed E-state index contributed by atoms with van der Waals surface area (Å²) in [5.41, 5.74) is 7.62. The molecule has 0 aliphatic carbocycles. The molecule has 0 aliphatic rings. The van der Waals surface area contributed by atoms with Crippen molar-refractivity contribution in [2.24, 2.45) is 5.73 Å². The molecule has 2 aromatic rings. The molecule has 0 heterocycles. The smallest absolute Gasteiger partial charge is 0.119 e. The third-order valence-corrected chi connectivity index (χ3v) is 3.33. The van der Waals surface area contributed by atoms with Crippen molar-refractivity contribution in [2.45, 2.75) is 12.0 Å². The van der Waals surface area contributed by atoms with Gasteiger partial charge in [-0.3, -0.25) is 0 Å². The summed E-state index contributed by atoms with van der Waals surface area (Å²) in [5.74, 6) is 0. The summed E-state index contributed by atoms with van der Waals surface area (Å²) in [6, 6.07) is 20.5. The Morgan fingerprint density at radius 2 is 1.33 bits per heavy atom. The quantitative estimate of drug-likeness (QED) is 0.873. The Bertz CT molecular complexity index is 427. The van der Waals surface area contributed by atoms with E-state index in [1.165, 1.54) is 0 Å². The second-order valence-electron chi connectivity index (χ2n) is 4.30. The van der Waals surface area contributed by atoms with E-state index in [1.54, 1.807) is 7.11 Å². The van der Waals surface area contributed by atoms with Crippen LogP contribution in [-0.2, 0) is 10.3 Å². The van der Waals surface area contributed by atoms with Gasteiger partial charge in [-0.05, 0) is 24.1 Å². The molecule has 2 N–H and O–H groups in total. The van der Waals surface area contributed by atoms with E-state index in [9.17, 15) is 0 Å². The standard InChI is InChI=1S/C16H19NO/c1-18-16(12-13-17,14-8-4-2-5-9-14)15-10-6-3-7-11-15/h2-11H,12-13,17H2,1H3. The van der Waals surface area contributed by atoms with Gasteiger partial charge in [-0.2, -0.15) is 0 Å². The van der Waals surface area contributed by atoms with E-state index in [0.29, 0.717) is 6.54 Å². The van der Waals surface area contributed by atoms with Crippen LogP contribution >= 0.6 is 0 Å². The van der Waals surface area contributed by atoms with Crippen LogP contribution in [0.5, 0.6) is 0 Å². The molecule has 0 spiro atoms. The second-order valence-corrected chi connectivity index (χ2v) is 4.30. The molecule has 2 aromatic carbocycles. The predicted octanol–water partition coefficient (Wildman–Crippen LogP) is 2.93. The van der Waals surface area contributed by atoms with Gasteiger partial charge in [0.1, 0.15) is 5.60 Å². The third kappa shape index (κ3) is 2.30. The second kappa shape index (κ2) is 5.80. The molecule has 18 heavy (non-hydrogen) atoms. The zero-order valence-corrected chi connectivity index (χ0v) is 10.7. The van der Waals surface area contributed by atoms with Crippen molar-refractivity contribution >= 4 is 0 Å². The maximum absolute atomic E-state index is 5.87. The van der Waals surface area contributed by atoms with E-state index < -0.39 is 5.60 Å². The first kappa shape index (κ1) is 12.8. The highest BCUT2D eigenvalue weighted by Crippen LogP contribution is 2.35. The Kier molecular flexibility index (Phi) is 4.13. The fraction of sp³-hybridized carbons (Fsp3) is 0.250. The lowest BCUT2D eigenvalue weighted by atomic mass is 9.83. The lowest BCUT2D eigenvalue weighted by Crippen LogP contribution is -2.32. The van der Waals surface area contributed by atoms with E-state index in [1.807, 2.05) is 36.4 Å². The van der Waals surface area contributed by atoms with Crippen molar-refractivity contribution in [3.8, 4) is 0 Å². The van der Waals surface area contributed by atoms with Crippen molar-refractivity contribution in [1.29, 1.82) is 0 Å². The average molecular weight is 241 g/mol. The highest BCUT2D eigenvalue weighted by molar-refractivity contribution is 5.36. The monoisotopic (exact) mass is 241 g/mol. The fourth-order valence-electron chi connectivity index (χ4n) is 2.41. The molecule has 0 fully saturated rings. The van der Waals surface area contributed by atoms with Gasteiger partial charge < -0.3 is 10.5 Å². The molecule has 94 valence electrons. The van der Waals surface area contributed by atoms with Crippen molar-refractivity contribution in [3.63, 3.8) is 0 Å². The maximum Gasteiger partial charge on any atom is 0.119 e. The minimum Gasteiger partial charge on any atom is -0.369 e. The SMILES string of the molecule is COC(CCN)(c1ccccc1)c1ccccc1. The summed E-state index contributed by atoms with van der Waals surface area (Å²) in [7, 11) is 1.75. The molecule has 2 rings (SSSR count). The number of rotatable bonds is 5. The molecule has 0 atom stereocenters. The van der Waals surface area contributed by atoms with Gasteiger partial charge in [0.25, 0.3) is 0 Å². The lowest BCUT2D eigenvalue weighted by Gasteiger charge is -2.33. The Morgan fingerprint density at radius 1 is 0.889 bits per heavy atom. The molecule has 0 amide bonds. The van der Waals surface area contributed by atoms with Gasteiger partial charge in [0.15, 0.2) is 0 Å². The first-order valence-corrected chi connectivity index (χ1v) is 6.20. The Morgan fingerprint density at radius 3 is 1.67 bits per heavy atom. The van der Waals surface area contributed by atoms with Crippen LogP contribution in [0.1, 0.15) is 17.5 Å². The molecule has 2 nitrogen and oxygen atoms in total. The van der Waals surface area contributed by atoms with Gasteiger partial charge in [0.05, 0.1) is 0 Å². The Labute approximate surface area is 108 Å². The highest BCUT2D eigenvalue weighted by atomic mass is 16.5. The normalized spacial score (nSPS) is 11.4. The molecule has 0 saturated carbocycles. The predicted molar refractivity (Wildman–Crippen MR) is 74.3 cm³/mol. The van der Waals surface area contributed by atoms with Gasteiger partial charge in [-0.25, -0.2) is 0 Å². The topological polar surface area (TPSA) is 35.2 Å². The van der Waals surface area contributed by atoms with Crippen molar-refractivity contribution in [2.75, 3.05) is 13.7 Å². The van der Waals surface area contributed by atoms with Gasteiger partial charge >= 0.3 is 0 Å². The van der Waals surface area contributed by atoms with Crippen molar-refractivity contribution < 1.29 is 4.74 Å². The first-order chi connectivity index (χ1) is 8.83. The van der Waals surface area contributed by atoms with E-state index in [4.69, 9.17) is 10.5 Å². The molecule has 0 bridgehead atoms. The van der Waals surface area contributed by atoms with Crippen molar-refractivity contribution in [1.82, 2.24) is 0 Å². The van der Waals surface area contributed by atoms with Crippen LogP contribution in [0, 0.1) is 0 Å². The van der Waals surface area contributed by atoms with Gasteiger partial charge in [0.2, 0.25) is 0 Å². The third-order valence-electron chi connectivity index (χ3n) is 3.33. The molecule has 2 heteroatoms. The summed E-state index contributed by atoms with van der Waals surface area (Å²) in [4.78, 5) is 0. The van der Waals surface area contributed by atoms with Crippen molar-refractivity contribution in [3.05, 3.63) is 71.8 Å². The Balaban J connectivity index is 2.53. The Hall–Kier alpha value is -1.64. The molecule has 0 saturated heterocycles. The number of ether oxygens (including phenoxy) is 1. The highest BCUT2D eigenvalue weighted by Gasteiger charge is 2.33. The minimum atomic E-state index is -0.447. The van der Waals surface area contributed by atoms with Gasteiger partial charge in [-0.1, -0.05) is 60.7 Å². The summed E-state index contributed by atoms with van der Waals surface area (Å²) >= 11 is 0. The fourth-order valence-corrected chi connectivity index (χ4v) is 2.41. The number of hydrogen-bond donors (Lipinski definition) is 1. The van der Waals surface area contributed by atoms with Crippen LogP contribution in [0.2, 0.25) is 0 Å². The average Bonchev–Trinajstić information content (AvgIpc) is 2.47. The van der Waals surface area contributed by atoms with Crippen LogP contribution in [0.4, 0.5) is 0 Å². The van der Waals surface area contributed by atoms with E-state index in [0.717, 1.165) is 17.5 Å². The van der Waals surface area contributed by atoms with Gasteiger partial charge in [0, 0.05) is 7.11 Å². The summed E-state index contributed by atoms with van der Waals surface area (Å²) in [6.45, 7) is 0.581. The summed E-state index contributed by atoms with van der Waals surface area (Å²) in [5, 5.41) is 0. The van der Waals surface area contributed by atoms with Crippen LogP contribution in [0.25, 0.3) is 0 Å². The molecule has 0 radical (unpaired) electrons. The number of benzene rings is 2. The minimum absolute atomic E-state index is 0.447. The number of nitrogens with two attached hydrogens (primary N) is 1. The summed E-state index contributed by atoms with van der Waals surface area (Å²) in [6.07, 6.45) is 0.761. The number of hydrogen-bond acceptors (Lipinski definition) is 2. The number of methoxy groups -OCH3 is 1. The molecule has 0 aliphatic heterocycles. The van der Waals surface area contributed by atoms with E-state index >= 15 is 0 Å². The van der Waals surface area contributed by atoms with Crippen LogP contribution < -0.4 is 5.73 Å². The molecular weight excluding hydrogens is 222 g/mol. The largest absolute Gasteiger partial charge is 0.369 e. The zero-order chi connectivity index (χ0) is 12.8. The van der Waals surface area contributed by atoms with Crippen LogP contribution in [0.15, 0.2) is 60.7 Å². The van der Waals surface area contributed by atoms with Crippen LogP contribution in [-0.4, -0.2) is 13.7 Å². The van der Waals surface area contributed by atoms with E-state index in [2.05, 4.69) is 24.3 Å². The zero-order valence-electron chi connectivity index (χ0n) is 10.7. The van der Waals surface area contributed by atoms with Crippen LogP contribution in [0.3, 0.4) is 0 Å². The molecule has 0 aromatic heterocycles. The lowest BCUT2D eigenvalue weighted by molar-refractivity contribution is 0.0165. The first-order valence-electron chi connectivity index (χ1n) is 6.20. The molecule has 0 unspecified atom stereocenters. The van der Waals surface area contributed by atoms with E-state index in [-0.39, 0.29) is 0 Å². The summed E-state index contributed by atoms with van der Waals surface area (Å²) < 4.78 is 5.87.